The second-order valence-corrected chi connectivity index (χ2v) is 5.62. The van der Waals surface area contributed by atoms with Gasteiger partial charge in [0.1, 0.15) is 0 Å². The number of nitrogens with zero attached hydrogens (tertiary/aromatic N) is 1. The molecule has 0 radical (unpaired) electrons. The quantitative estimate of drug-likeness (QED) is 0.710. The van der Waals surface area contributed by atoms with E-state index in [1.807, 2.05) is 27.1 Å². The zero-order valence-corrected chi connectivity index (χ0v) is 12.2. The van der Waals surface area contributed by atoms with Crippen LogP contribution in [0.4, 0.5) is 11.4 Å². The standard InChI is InChI=1S/C14H23N3O2/c1-9-6-10(7-11(12(9)15)13(18)19)16-8-14(2,3)17(4)5/h6-7,16H,8,15H2,1-5H3,(H,18,19). The lowest BCUT2D eigenvalue weighted by Crippen LogP contribution is -2.44. The summed E-state index contributed by atoms with van der Waals surface area (Å²) in [6.07, 6.45) is 0. The Bertz CT molecular complexity index is 482. The molecule has 5 nitrogen and oxygen atoms in total. The first-order valence-corrected chi connectivity index (χ1v) is 6.20. The number of carbonyl (C=O) groups is 1. The molecule has 4 N–H and O–H groups in total. The van der Waals surface area contributed by atoms with Crippen molar-refractivity contribution >= 4 is 17.3 Å². The summed E-state index contributed by atoms with van der Waals surface area (Å²) in [5.41, 5.74) is 7.75. The number of benzene rings is 1. The monoisotopic (exact) mass is 265 g/mol. The lowest BCUT2D eigenvalue weighted by atomic mass is 10.0. The largest absolute Gasteiger partial charge is 0.478 e. The summed E-state index contributed by atoms with van der Waals surface area (Å²) in [7, 11) is 4.02. The minimum Gasteiger partial charge on any atom is -0.478 e. The van der Waals surface area contributed by atoms with E-state index in [1.165, 1.54) is 0 Å². The van der Waals surface area contributed by atoms with E-state index < -0.39 is 5.97 Å². The van der Waals surface area contributed by atoms with Crippen LogP contribution in [0.1, 0.15) is 29.8 Å². The maximum Gasteiger partial charge on any atom is 0.337 e. The molecule has 0 amide bonds. The van der Waals surface area contributed by atoms with Gasteiger partial charge in [-0.15, -0.1) is 0 Å². The SMILES string of the molecule is Cc1cc(NCC(C)(C)N(C)C)cc(C(=O)O)c1N. The van der Waals surface area contributed by atoms with E-state index in [-0.39, 0.29) is 11.1 Å². The fourth-order valence-corrected chi connectivity index (χ4v) is 1.55. The Labute approximate surface area is 114 Å². The zero-order valence-electron chi connectivity index (χ0n) is 12.2. The van der Waals surface area contributed by atoms with E-state index in [2.05, 4.69) is 24.1 Å². The highest BCUT2D eigenvalue weighted by atomic mass is 16.4. The van der Waals surface area contributed by atoms with Crippen LogP contribution in [0.5, 0.6) is 0 Å². The van der Waals surface area contributed by atoms with Gasteiger partial charge in [0.15, 0.2) is 0 Å². The van der Waals surface area contributed by atoms with Crippen molar-refractivity contribution in [3.63, 3.8) is 0 Å². The van der Waals surface area contributed by atoms with Crippen LogP contribution in [-0.2, 0) is 0 Å². The number of carboxylic acids is 1. The molecule has 0 atom stereocenters. The lowest BCUT2D eigenvalue weighted by molar-refractivity contribution is 0.0698. The highest BCUT2D eigenvalue weighted by Gasteiger charge is 2.20. The van der Waals surface area contributed by atoms with Crippen LogP contribution in [0.15, 0.2) is 12.1 Å². The molecule has 5 heteroatoms. The van der Waals surface area contributed by atoms with Crippen LogP contribution >= 0.6 is 0 Å². The zero-order chi connectivity index (χ0) is 14.8. The van der Waals surface area contributed by atoms with Crippen LogP contribution in [0.25, 0.3) is 0 Å². The average molecular weight is 265 g/mol. The van der Waals surface area contributed by atoms with Gasteiger partial charge in [0.25, 0.3) is 0 Å². The van der Waals surface area contributed by atoms with Crippen LogP contribution in [-0.4, -0.2) is 42.2 Å². The van der Waals surface area contributed by atoms with Crippen molar-refractivity contribution in [2.24, 2.45) is 0 Å². The maximum absolute atomic E-state index is 11.1. The van der Waals surface area contributed by atoms with Gasteiger partial charge in [-0.2, -0.15) is 0 Å². The van der Waals surface area contributed by atoms with Gasteiger partial charge in [0.2, 0.25) is 0 Å². The number of hydrogen-bond donors (Lipinski definition) is 3. The van der Waals surface area contributed by atoms with Gasteiger partial charge in [-0.05, 0) is 52.6 Å². The van der Waals surface area contributed by atoms with Gasteiger partial charge in [0.05, 0.1) is 5.56 Å². The Hall–Kier alpha value is -1.75. The summed E-state index contributed by atoms with van der Waals surface area (Å²) in [6, 6.07) is 3.45. The van der Waals surface area contributed by atoms with Crippen molar-refractivity contribution in [2.75, 3.05) is 31.7 Å². The molecule has 1 rings (SSSR count). The Morgan fingerprint density at radius 2 is 2.00 bits per heavy atom. The number of carboxylic acid groups (broad SMARTS) is 1. The molecule has 0 saturated heterocycles. The van der Waals surface area contributed by atoms with Crippen LogP contribution < -0.4 is 11.1 Å². The predicted octanol–water partition coefficient (Wildman–Crippen LogP) is 2.03. The van der Waals surface area contributed by atoms with Crippen molar-refractivity contribution < 1.29 is 9.90 Å². The Balaban J connectivity index is 2.95. The molecule has 1 aromatic rings. The number of likely N-dealkylation sites (N-methyl/N-ethyl adjacent to an activating group) is 1. The van der Waals surface area contributed by atoms with Crippen molar-refractivity contribution in [1.82, 2.24) is 4.90 Å². The summed E-state index contributed by atoms with van der Waals surface area (Å²) in [4.78, 5) is 13.2. The Morgan fingerprint density at radius 1 is 1.42 bits per heavy atom. The third kappa shape index (κ3) is 3.61. The number of rotatable bonds is 5. The summed E-state index contributed by atoms with van der Waals surface area (Å²) in [5.74, 6) is -1.00. The van der Waals surface area contributed by atoms with Crippen molar-refractivity contribution in [1.29, 1.82) is 0 Å². The summed E-state index contributed by atoms with van der Waals surface area (Å²) in [5, 5.41) is 12.4. The molecule has 0 saturated carbocycles. The number of hydrogen-bond acceptors (Lipinski definition) is 4. The molecule has 0 unspecified atom stereocenters. The number of nitrogen functional groups attached to an aromatic ring is 1. The van der Waals surface area contributed by atoms with Crippen LogP contribution in [0.2, 0.25) is 0 Å². The normalized spacial score (nSPS) is 11.7. The Morgan fingerprint density at radius 3 is 2.47 bits per heavy atom. The van der Waals surface area contributed by atoms with Crippen molar-refractivity contribution in [3.8, 4) is 0 Å². The number of anilines is 2. The van der Waals surface area contributed by atoms with E-state index >= 15 is 0 Å². The van der Waals surface area contributed by atoms with Gasteiger partial charge in [-0.1, -0.05) is 0 Å². The third-order valence-corrected chi connectivity index (χ3v) is 3.55. The third-order valence-electron chi connectivity index (χ3n) is 3.55. The first-order chi connectivity index (χ1) is 8.65. The minimum absolute atomic E-state index is 0.0291. The molecule has 0 aliphatic rings. The maximum atomic E-state index is 11.1. The first kappa shape index (κ1) is 15.3. The topological polar surface area (TPSA) is 78.6 Å². The minimum atomic E-state index is -1.00. The molecule has 0 spiro atoms. The van der Waals surface area contributed by atoms with E-state index in [9.17, 15) is 4.79 Å². The van der Waals surface area contributed by atoms with Crippen molar-refractivity contribution in [2.45, 2.75) is 26.3 Å². The highest BCUT2D eigenvalue weighted by Crippen LogP contribution is 2.23. The summed E-state index contributed by atoms with van der Waals surface area (Å²) >= 11 is 0. The molecule has 0 bridgehead atoms. The predicted molar refractivity (Wildman–Crippen MR) is 78.8 cm³/mol. The molecule has 106 valence electrons. The van der Waals surface area contributed by atoms with Gasteiger partial charge in [-0.25, -0.2) is 4.79 Å². The second-order valence-electron chi connectivity index (χ2n) is 5.62. The summed E-state index contributed by atoms with van der Waals surface area (Å²) in [6.45, 7) is 6.75. The molecule has 0 fully saturated rings. The number of nitrogens with one attached hydrogen (secondary N) is 1. The molecule has 0 aliphatic carbocycles. The number of aromatic carboxylic acids is 1. The van der Waals surface area contributed by atoms with E-state index in [0.29, 0.717) is 12.2 Å². The van der Waals surface area contributed by atoms with Gasteiger partial charge < -0.3 is 21.1 Å². The van der Waals surface area contributed by atoms with Crippen molar-refractivity contribution in [3.05, 3.63) is 23.3 Å². The first-order valence-electron chi connectivity index (χ1n) is 6.20. The molecule has 0 heterocycles. The second kappa shape index (κ2) is 5.48. The van der Waals surface area contributed by atoms with Gasteiger partial charge in [0, 0.05) is 23.5 Å². The number of nitrogens with two attached hydrogens (primary N) is 1. The fraction of sp³-hybridized carbons (Fsp3) is 0.500. The van der Waals surface area contributed by atoms with Crippen LogP contribution in [0.3, 0.4) is 0 Å². The molecule has 0 aromatic heterocycles. The molecule has 0 aliphatic heterocycles. The average Bonchev–Trinajstić information content (AvgIpc) is 2.30. The number of aryl methyl sites for hydroxylation is 1. The van der Waals surface area contributed by atoms with E-state index in [1.54, 1.807) is 6.07 Å². The smallest absolute Gasteiger partial charge is 0.337 e. The van der Waals surface area contributed by atoms with E-state index in [4.69, 9.17) is 10.8 Å². The fourth-order valence-electron chi connectivity index (χ4n) is 1.55. The molecule has 19 heavy (non-hydrogen) atoms. The Kier molecular flexibility index (Phi) is 4.42. The molecular weight excluding hydrogens is 242 g/mol. The molecular formula is C14H23N3O2. The highest BCUT2D eigenvalue weighted by molar-refractivity contribution is 5.95. The summed E-state index contributed by atoms with van der Waals surface area (Å²) < 4.78 is 0. The van der Waals surface area contributed by atoms with Gasteiger partial charge >= 0.3 is 5.97 Å². The van der Waals surface area contributed by atoms with Crippen LogP contribution in [0, 0.1) is 6.92 Å². The lowest BCUT2D eigenvalue weighted by Gasteiger charge is -2.33. The van der Waals surface area contributed by atoms with Gasteiger partial charge in [-0.3, -0.25) is 0 Å². The molecule has 1 aromatic carbocycles. The van der Waals surface area contributed by atoms with E-state index in [0.717, 1.165) is 11.3 Å².